The lowest BCUT2D eigenvalue weighted by Gasteiger charge is -2.26. The highest BCUT2D eigenvalue weighted by Gasteiger charge is 2.40. The fourth-order valence-electron chi connectivity index (χ4n) is 3.03. The minimum absolute atomic E-state index is 0.0466. The number of Topliss-reactive ketones (excluding diaryl/α,β-unsaturated/α-hetero) is 1. The van der Waals surface area contributed by atoms with Crippen molar-refractivity contribution in [3.05, 3.63) is 70.8 Å². The smallest absolute Gasteiger partial charge is 0.320 e. The first-order valence-corrected chi connectivity index (χ1v) is 6.90. The normalized spacial score (nSPS) is 19.4. The van der Waals surface area contributed by atoms with E-state index in [2.05, 4.69) is 10.6 Å². The van der Waals surface area contributed by atoms with Crippen LogP contribution < -0.4 is 10.6 Å². The molecule has 5 nitrogen and oxygen atoms in total. The Balaban J connectivity index is 1.93. The van der Waals surface area contributed by atoms with E-state index < -0.39 is 12.1 Å². The first-order valence-electron chi connectivity index (χ1n) is 6.90. The van der Waals surface area contributed by atoms with Crippen LogP contribution in [-0.2, 0) is 0 Å². The predicted molar refractivity (Wildman–Crippen MR) is 80.2 cm³/mol. The van der Waals surface area contributed by atoms with Gasteiger partial charge in [-0.1, -0.05) is 42.5 Å². The Morgan fingerprint density at radius 3 is 2.36 bits per heavy atom. The summed E-state index contributed by atoms with van der Waals surface area (Å²) in [6, 6.07) is 12.8. The number of phenolic OH excluding ortho intramolecular Hbond substituents is 1. The van der Waals surface area contributed by atoms with E-state index in [1.54, 1.807) is 30.3 Å². The number of ketones is 1. The molecule has 0 saturated heterocycles. The average Bonchev–Trinajstić information content (AvgIpc) is 2.81. The van der Waals surface area contributed by atoms with Crippen LogP contribution in [0.5, 0.6) is 5.75 Å². The molecule has 0 spiro atoms. The number of benzene rings is 2. The van der Waals surface area contributed by atoms with Gasteiger partial charge in [0.25, 0.3) is 0 Å². The van der Waals surface area contributed by atoms with Gasteiger partial charge in [-0.05, 0) is 6.07 Å². The van der Waals surface area contributed by atoms with Crippen molar-refractivity contribution in [3.63, 3.8) is 0 Å². The van der Waals surface area contributed by atoms with Crippen LogP contribution in [0.3, 0.4) is 0 Å². The molecule has 2 aromatic rings. The maximum atomic E-state index is 12.7. The fourth-order valence-corrected chi connectivity index (χ4v) is 3.03. The van der Waals surface area contributed by atoms with Crippen molar-refractivity contribution in [1.29, 1.82) is 0 Å². The second kappa shape index (κ2) is 4.46. The van der Waals surface area contributed by atoms with E-state index in [1.165, 1.54) is 6.07 Å². The Hall–Kier alpha value is -3.08. The van der Waals surface area contributed by atoms with Gasteiger partial charge in [-0.25, -0.2) is 4.79 Å². The molecule has 108 valence electrons. The van der Waals surface area contributed by atoms with E-state index in [-0.39, 0.29) is 11.5 Å². The quantitative estimate of drug-likeness (QED) is 0.755. The third kappa shape index (κ3) is 1.65. The third-order valence-corrected chi connectivity index (χ3v) is 4.01. The maximum Gasteiger partial charge on any atom is 0.320 e. The topological polar surface area (TPSA) is 78.4 Å². The molecule has 2 amide bonds. The van der Waals surface area contributed by atoms with E-state index in [4.69, 9.17) is 0 Å². The highest BCUT2D eigenvalue weighted by molar-refractivity contribution is 6.23. The number of para-hydroxylation sites is 1. The number of hydrogen-bond acceptors (Lipinski definition) is 3. The predicted octanol–water partition coefficient (Wildman–Crippen LogP) is 2.35. The molecule has 1 aliphatic carbocycles. The fraction of sp³-hybridized carbons (Fsp3) is 0.0588. The van der Waals surface area contributed by atoms with Crippen molar-refractivity contribution in [3.8, 4) is 5.75 Å². The summed E-state index contributed by atoms with van der Waals surface area (Å²) in [4.78, 5) is 24.7. The Morgan fingerprint density at radius 2 is 1.59 bits per heavy atom. The number of nitrogens with one attached hydrogen (secondary N) is 2. The summed E-state index contributed by atoms with van der Waals surface area (Å²) in [5.74, 6) is -0.0864. The molecule has 1 aliphatic heterocycles. The molecule has 1 unspecified atom stereocenters. The van der Waals surface area contributed by atoms with Crippen LogP contribution in [0.15, 0.2) is 54.1 Å². The van der Waals surface area contributed by atoms with Crippen LogP contribution in [-0.4, -0.2) is 16.9 Å². The monoisotopic (exact) mass is 292 g/mol. The minimum atomic E-state index is -0.662. The van der Waals surface area contributed by atoms with Crippen molar-refractivity contribution in [2.75, 3.05) is 0 Å². The molecule has 1 heterocycles. The zero-order valence-electron chi connectivity index (χ0n) is 11.5. The summed E-state index contributed by atoms with van der Waals surface area (Å²) in [6.45, 7) is 0. The lowest BCUT2D eigenvalue weighted by atomic mass is 9.94. The number of urea groups is 1. The van der Waals surface area contributed by atoms with Gasteiger partial charge in [0, 0.05) is 16.7 Å². The number of fused-ring (bicyclic) bond motifs is 2. The number of carbonyl (C=O) groups is 2. The number of hydrogen-bond donors (Lipinski definition) is 3. The summed E-state index contributed by atoms with van der Waals surface area (Å²) in [6.07, 6.45) is 0. The second-order valence-corrected chi connectivity index (χ2v) is 5.25. The SMILES string of the molecule is O=C1NC2=C(C(=O)c3ccccc32)C(c2ccccc2O)N1. The summed E-state index contributed by atoms with van der Waals surface area (Å²) in [5.41, 5.74) is 2.78. The molecule has 0 fully saturated rings. The molecule has 2 aliphatic rings. The zero-order chi connectivity index (χ0) is 15.3. The van der Waals surface area contributed by atoms with Crippen LogP contribution in [0.1, 0.15) is 27.5 Å². The van der Waals surface area contributed by atoms with E-state index in [9.17, 15) is 14.7 Å². The molecule has 0 saturated carbocycles. The van der Waals surface area contributed by atoms with Crippen LogP contribution in [0.2, 0.25) is 0 Å². The van der Waals surface area contributed by atoms with Gasteiger partial charge in [0.2, 0.25) is 0 Å². The lowest BCUT2D eigenvalue weighted by molar-refractivity contribution is 0.103. The molecular formula is C17H12N2O3. The van der Waals surface area contributed by atoms with Gasteiger partial charge in [0.1, 0.15) is 5.75 Å². The standard InChI is InChI=1S/C17H12N2O3/c20-12-8-4-3-7-11(12)15-13-14(18-17(22)19-15)9-5-1-2-6-10(9)16(13)21/h1-8,15,20H,(H2,18,19,22). The Morgan fingerprint density at radius 1 is 0.909 bits per heavy atom. The van der Waals surface area contributed by atoms with Gasteiger partial charge < -0.3 is 15.7 Å². The molecule has 1 atom stereocenters. The average molecular weight is 292 g/mol. The van der Waals surface area contributed by atoms with Crippen LogP contribution in [0.4, 0.5) is 4.79 Å². The lowest BCUT2D eigenvalue weighted by Crippen LogP contribution is -2.43. The van der Waals surface area contributed by atoms with Crippen LogP contribution >= 0.6 is 0 Å². The van der Waals surface area contributed by atoms with Gasteiger partial charge in [-0.15, -0.1) is 0 Å². The van der Waals surface area contributed by atoms with Crippen molar-refractivity contribution in [1.82, 2.24) is 10.6 Å². The van der Waals surface area contributed by atoms with E-state index in [0.717, 1.165) is 5.56 Å². The summed E-state index contributed by atoms with van der Waals surface area (Å²) in [7, 11) is 0. The molecule has 0 bridgehead atoms. The van der Waals surface area contributed by atoms with Crippen molar-refractivity contribution in [2.45, 2.75) is 6.04 Å². The van der Waals surface area contributed by atoms with Crippen molar-refractivity contribution >= 4 is 17.5 Å². The summed E-state index contributed by atoms with van der Waals surface area (Å²) >= 11 is 0. The number of carbonyl (C=O) groups excluding carboxylic acids is 2. The van der Waals surface area contributed by atoms with E-state index in [0.29, 0.717) is 22.4 Å². The van der Waals surface area contributed by atoms with Gasteiger partial charge >= 0.3 is 6.03 Å². The second-order valence-electron chi connectivity index (χ2n) is 5.25. The van der Waals surface area contributed by atoms with Crippen molar-refractivity contribution < 1.29 is 14.7 Å². The number of rotatable bonds is 1. The highest BCUT2D eigenvalue weighted by Crippen LogP contribution is 2.41. The largest absolute Gasteiger partial charge is 0.508 e. The third-order valence-electron chi connectivity index (χ3n) is 4.01. The van der Waals surface area contributed by atoms with E-state index in [1.807, 2.05) is 12.1 Å². The van der Waals surface area contributed by atoms with Crippen LogP contribution in [0.25, 0.3) is 5.70 Å². The minimum Gasteiger partial charge on any atom is -0.508 e. The van der Waals surface area contributed by atoms with Gasteiger partial charge in [0.05, 0.1) is 17.3 Å². The van der Waals surface area contributed by atoms with Crippen LogP contribution in [0, 0.1) is 0 Å². The Labute approximate surface area is 126 Å². The Bertz CT molecular complexity index is 854. The summed E-state index contributed by atoms with van der Waals surface area (Å²) < 4.78 is 0. The van der Waals surface area contributed by atoms with Gasteiger partial charge in [-0.3, -0.25) is 4.79 Å². The highest BCUT2D eigenvalue weighted by atomic mass is 16.3. The molecule has 0 radical (unpaired) electrons. The molecular weight excluding hydrogens is 280 g/mol. The Kier molecular flexibility index (Phi) is 2.56. The first kappa shape index (κ1) is 12.6. The molecule has 22 heavy (non-hydrogen) atoms. The van der Waals surface area contributed by atoms with Crippen molar-refractivity contribution in [2.24, 2.45) is 0 Å². The molecule has 5 heteroatoms. The first-order chi connectivity index (χ1) is 10.7. The molecule has 0 aromatic heterocycles. The maximum absolute atomic E-state index is 12.7. The van der Waals surface area contributed by atoms with E-state index >= 15 is 0 Å². The van der Waals surface area contributed by atoms with Gasteiger partial charge in [0.15, 0.2) is 5.78 Å². The van der Waals surface area contributed by atoms with Gasteiger partial charge in [-0.2, -0.15) is 0 Å². The summed E-state index contributed by atoms with van der Waals surface area (Å²) in [5, 5.41) is 15.5. The zero-order valence-corrected chi connectivity index (χ0v) is 11.5. The molecule has 3 N–H and O–H groups in total. The number of aromatic hydroxyl groups is 1. The molecule has 4 rings (SSSR count). The number of phenols is 1. The molecule has 2 aromatic carbocycles. The number of amides is 2.